The van der Waals surface area contributed by atoms with E-state index in [0.717, 1.165) is 9.13 Å². The smallest absolute Gasteiger partial charge is 0.284 e. The van der Waals surface area contributed by atoms with E-state index in [1.165, 1.54) is 36.4 Å². The van der Waals surface area contributed by atoms with Gasteiger partial charge in [-0.15, -0.1) is 4.40 Å². The van der Waals surface area contributed by atoms with Gasteiger partial charge in [-0.1, -0.05) is 29.8 Å². The highest BCUT2D eigenvalue weighted by molar-refractivity contribution is 14.1. The predicted octanol–water partition coefficient (Wildman–Crippen LogP) is 4.99. The van der Waals surface area contributed by atoms with Crippen molar-refractivity contribution in [2.45, 2.75) is 11.8 Å². The van der Waals surface area contributed by atoms with E-state index in [2.05, 4.69) is 32.3 Å². The number of rotatable bonds is 4. The maximum absolute atomic E-state index is 13.3. The average molecular weight is 494 g/mol. The topological polar surface area (TPSA) is 58.5 Å². The number of amidine groups is 1. The van der Waals surface area contributed by atoms with E-state index in [1.807, 2.05) is 31.2 Å². The lowest BCUT2D eigenvalue weighted by Crippen LogP contribution is -2.17. The van der Waals surface area contributed by atoms with Crippen molar-refractivity contribution in [1.82, 2.24) is 0 Å². The van der Waals surface area contributed by atoms with E-state index in [9.17, 15) is 12.8 Å². The summed E-state index contributed by atoms with van der Waals surface area (Å²) in [5.41, 5.74) is 2.13. The zero-order chi connectivity index (χ0) is 19.4. The summed E-state index contributed by atoms with van der Waals surface area (Å²) in [7, 11) is -3.94. The number of halogens is 2. The first kappa shape index (κ1) is 19.5. The maximum Gasteiger partial charge on any atom is 0.284 e. The van der Waals surface area contributed by atoms with Crippen molar-refractivity contribution in [3.63, 3.8) is 0 Å². The molecule has 0 saturated carbocycles. The van der Waals surface area contributed by atoms with Gasteiger partial charge in [-0.05, 0) is 78.0 Å². The average Bonchev–Trinajstić information content (AvgIpc) is 2.64. The van der Waals surface area contributed by atoms with Crippen LogP contribution in [-0.4, -0.2) is 14.3 Å². The van der Waals surface area contributed by atoms with Gasteiger partial charge in [0.15, 0.2) is 5.84 Å². The number of nitrogens with one attached hydrogen (secondary N) is 1. The Labute approximate surface area is 171 Å². The van der Waals surface area contributed by atoms with Crippen molar-refractivity contribution in [1.29, 1.82) is 0 Å². The van der Waals surface area contributed by atoms with Crippen LogP contribution in [0.1, 0.15) is 11.1 Å². The lowest BCUT2D eigenvalue weighted by molar-refractivity contribution is 0.598. The fourth-order valence-corrected chi connectivity index (χ4v) is 3.83. The van der Waals surface area contributed by atoms with Crippen LogP contribution in [-0.2, 0) is 10.0 Å². The van der Waals surface area contributed by atoms with E-state index in [-0.39, 0.29) is 10.7 Å². The summed E-state index contributed by atoms with van der Waals surface area (Å²) in [4.78, 5) is 0.0947. The number of hydrogen-bond acceptors (Lipinski definition) is 2. The molecule has 0 radical (unpaired) electrons. The molecule has 0 unspecified atom stereocenters. The van der Waals surface area contributed by atoms with Gasteiger partial charge in [0, 0.05) is 9.13 Å². The third-order valence-electron chi connectivity index (χ3n) is 3.77. The number of nitrogens with zero attached hydrogens (tertiary/aromatic N) is 1. The summed E-state index contributed by atoms with van der Waals surface area (Å²) in [5, 5.41) is 3.06. The van der Waals surface area contributed by atoms with E-state index in [4.69, 9.17) is 0 Å². The predicted molar refractivity (Wildman–Crippen MR) is 114 cm³/mol. The van der Waals surface area contributed by atoms with Crippen LogP contribution in [0.5, 0.6) is 0 Å². The molecule has 0 saturated heterocycles. The molecule has 0 fully saturated rings. The summed E-state index contributed by atoms with van der Waals surface area (Å²) in [5.74, 6) is -0.284. The molecular weight excluding hydrogens is 478 g/mol. The second-order valence-corrected chi connectivity index (χ2v) is 8.61. The first-order valence-corrected chi connectivity index (χ1v) is 10.6. The number of anilines is 1. The zero-order valence-corrected chi connectivity index (χ0v) is 17.3. The quantitative estimate of drug-likeness (QED) is 0.316. The molecule has 138 valence electrons. The molecule has 0 aliphatic rings. The van der Waals surface area contributed by atoms with Crippen molar-refractivity contribution in [2.75, 3.05) is 5.32 Å². The van der Waals surface area contributed by atoms with Crippen molar-refractivity contribution in [2.24, 2.45) is 4.40 Å². The second-order valence-electron chi connectivity index (χ2n) is 5.84. The molecule has 3 aromatic carbocycles. The Morgan fingerprint density at radius 3 is 2.22 bits per heavy atom. The van der Waals surface area contributed by atoms with Gasteiger partial charge in [-0.2, -0.15) is 8.42 Å². The molecule has 0 aromatic heterocycles. The van der Waals surface area contributed by atoms with Gasteiger partial charge in [0.05, 0.1) is 10.6 Å². The van der Waals surface area contributed by atoms with Crippen molar-refractivity contribution in [3.05, 3.63) is 93.3 Å². The molecule has 7 heteroatoms. The van der Waals surface area contributed by atoms with Crippen LogP contribution in [0.25, 0.3) is 0 Å². The summed E-state index contributed by atoms with van der Waals surface area (Å²) in [6, 6.07) is 19.4. The number of benzene rings is 3. The van der Waals surface area contributed by atoms with Crippen LogP contribution in [0.15, 0.2) is 82.1 Å². The highest BCUT2D eigenvalue weighted by Crippen LogP contribution is 2.20. The molecular formula is C20H16FIN2O2S. The van der Waals surface area contributed by atoms with E-state index >= 15 is 0 Å². The highest BCUT2D eigenvalue weighted by Gasteiger charge is 2.16. The molecule has 3 aromatic rings. The highest BCUT2D eigenvalue weighted by atomic mass is 127. The minimum Gasteiger partial charge on any atom is -0.338 e. The van der Waals surface area contributed by atoms with Crippen molar-refractivity contribution >= 4 is 44.1 Å². The molecule has 1 N–H and O–H groups in total. The van der Waals surface area contributed by atoms with Gasteiger partial charge in [-0.3, -0.25) is 0 Å². The summed E-state index contributed by atoms with van der Waals surface area (Å²) in [6.07, 6.45) is 0. The van der Waals surface area contributed by atoms with E-state index < -0.39 is 15.8 Å². The monoisotopic (exact) mass is 494 g/mol. The van der Waals surface area contributed by atoms with Crippen molar-refractivity contribution in [3.8, 4) is 0 Å². The molecule has 0 aliphatic heterocycles. The fourth-order valence-electron chi connectivity index (χ4n) is 2.33. The van der Waals surface area contributed by atoms with Crippen LogP contribution in [0, 0.1) is 16.3 Å². The maximum atomic E-state index is 13.3. The normalized spacial score (nSPS) is 12.0. The molecule has 0 heterocycles. The molecule has 0 aliphatic carbocycles. The first-order valence-electron chi connectivity index (χ1n) is 8.04. The zero-order valence-electron chi connectivity index (χ0n) is 14.4. The second kappa shape index (κ2) is 8.18. The Morgan fingerprint density at radius 2 is 1.59 bits per heavy atom. The van der Waals surface area contributed by atoms with Crippen LogP contribution in [0.2, 0.25) is 0 Å². The Morgan fingerprint density at radius 1 is 0.963 bits per heavy atom. The number of hydrogen-bond donors (Lipinski definition) is 1. The fraction of sp³-hybridized carbons (Fsp3) is 0.0500. The third-order valence-corrected chi connectivity index (χ3v) is 6.01. The standard InChI is InChI=1S/C20H16FIN2O2S/c1-14-6-12-17(13-7-14)27(25,26)24-20(15-8-10-16(21)11-9-15)23-19-5-3-2-4-18(19)22/h2-13H,1H3,(H,23,24). The van der Waals surface area contributed by atoms with Crippen molar-refractivity contribution < 1.29 is 12.8 Å². The van der Waals surface area contributed by atoms with Gasteiger partial charge in [0.25, 0.3) is 10.0 Å². The molecule has 0 bridgehead atoms. The molecule has 27 heavy (non-hydrogen) atoms. The van der Waals surface area contributed by atoms with Gasteiger partial charge < -0.3 is 5.32 Å². The molecule has 4 nitrogen and oxygen atoms in total. The summed E-state index contributed by atoms with van der Waals surface area (Å²) < 4.78 is 43.7. The molecule has 0 amide bonds. The minimum atomic E-state index is -3.94. The van der Waals surface area contributed by atoms with E-state index in [1.54, 1.807) is 12.1 Å². The lowest BCUT2D eigenvalue weighted by Gasteiger charge is -2.12. The SMILES string of the molecule is Cc1ccc(S(=O)(=O)N=C(Nc2ccccc2I)c2ccc(F)cc2)cc1. The van der Waals surface area contributed by atoms with Crippen LogP contribution >= 0.6 is 22.6 Å². The van der Waals surface area contributed by atoms with Crippen LogP contribution < -0.4 is 5.32 Å². The number of para-hydroxylation sites is 1. The Kier molecular flexibility index (Phi) is 5.91. The number of aryl methyl sites for hydroxylation is 1. The van der Waals surface area contributed by atoms with Gasteiger partial charge in [0.2, 0.25) is 0 Å². The largest absolute Gasteiger partial charge is 0.338 e. The minimum absolute atomic E-state index is 0.0947. The van der Waals surface area contributed by atoms with Gasteiger partial charge in [0.1, 0.15) is 5.82 Å². The summed E-state index contributed by atoms with van der Waals surface area (Å²) >= 11 is 2.14. The Balaban J connectivity index is 2.08. The number of sulfonamides is 1. The molecule has 0 atom stereocenters. The lowest BCUT2D eigenvalue weighted by atomic mass is 10.2. The van der Waals surface area contributed by atoms with Crippen LogP contribution in [0.3, 0.4) is 0 Å². The third kappa shape index (κ3) is 4.92. The van der Waals surface area contributed by atoms with Gasteiger partial charge in [-0.25, -0.2) is 4.39 Å². The Hall–Kier alpha value is -2.26. The van der Waals surface area contributed by atoms with E-state index in [0.29, 0.717) is 11.3 Å². The summed E-state index contributed by atoms with van der Waals surface area (Å²) in [6.45, 7) is 1.88. The van der Waals surface area contributed by atoms with Gasteiger partial charge >= 0.3 is 0 Å². The Bertz CT molecular complexity index is 1080. The molecule has 0 spiro atoms. The van der Waals surface area contributed by atoms with Crippen LogP contribution in [0.4, 0.5) is 10.1 Å². The molecule has 3 rings (SSSR count). The first-order chi connectivity index (χ1) is 12.8.